The lowest BCUT2D eigenvalue weighted by Crippen LogP contribution is -2.47. The van der Waals surface area contributed by atoms with Crippen molar-refractivity contribution in [3.8, 4) is 0 Å². The Morgan fingerprint density at radius 2 is 2.06 bits per heavy atom. The number of rotatable bonds is 3. The molecule has 6 heteroatoms. The topological polar surface area (TPSA) is 62.3 Å². The molecule has 0 radical (unpaired) electrons. The van der Waals surface area contributed by atoms with Gasteiger partial charge in [0.25, 0.3) is 0 Å². The Bertz CT molecular complexity index is 455. The van der Waals surface area contributed by atoms with Crippen LogP contribution in [0.4, 0.5) is 0 Å². The van der Waals surface area contributed by atoms with Gasteiger partial charge in [-0.25, -0.2) is 8.42 Å². The van der Waals surface area contributed by atoms with Gasteiger partial charge in [-0.2, -0.15) is 4.31 Å². The van der Waals surface area contributed by atoms with Gasteiger partial charge in [0, 0.05) is 32.4 Å². The van der Waals surface area contributed by atoms with Crippen LogP contribution in [0, 0.1) is 0 Å². The van der Waals surface area contributed by atoms with Gasteiger partial charge in [-0.05, 0) is 19.1 Å². The molecule has 1 unspecified atom stereocenters. The van der Waals surface area contributed by atoms with Crippen LogP contribution in [0.15, 0.2) is 24.4 Å². The SMILES string of the molecule is CC(c1ccccn1)S(=O)(=O)N1CCNCC1. The highest BCUT2D eigenvalue weighted by atomic mass is 32.2. The molecule has 0 saturated carbocycles. The van der Waals surface area contributed by atoms with Crippen LogP contribution in [0.25, 0.3) is 0 Å². The number of hydrogen-bond acceptors (Lipinski definition) is 4. The molecular weight excluding hydrogens is 238 g/mol. The summed E-state index contributed by atoms with van der Waals surface area (Å²) in [4.78, 5) is 4.12. The molecule has 17 heavy (non-hydrogen) atoms. The minimum Gasteiger partial charge on any atom is -0.314 e. The van der Waals surface area contributed by atoms with E-state index in [-0.39, 0.29) is 0 Å². The van der Waals surface area contributed by atoms with Gasteiger partial charge in [-0.1, -0.05) is 6.07 Å². The van der Waals surface area contributed by atoms with Crippen LogP contribution >= 0.6 is 0 Å². The van der Waals surface area contributed by atoms with Crippen LogP contribution in [-0.4, -0.2) is 43.9 Å². The van der Waals surface area contributed by atoms with E-state index in [4.69, 9.17) is 0 Å². The van der Waals surface area contributed by atoms with E-state index in [0.29, 0.717) is 31.9 Å². The summed E-state index contributed by atoms with van der Waals surface area (Å²) in [5.41, 5.74) is 0.603. The lowest BCUT2D eigenvalue weighted by molar-refractivity contribution is 0.356. The Hall–Kier alpha value is -0.980. The van der Waals surface area contributed by atoms with Crippen LogP contribution in [-0.2, 0) is 10.0 Å². The van der Waals surface area contributed by atoms with Crippen LogP contribution in [0.1, 0.15) is 17.9 Å². The van der Waals surface area contributed by atoms with Gasteiger partial charge in [0.2, 0.25) is 10.0 Å². The first-order valence-electron chi connectivity index (χ1n) is 5.73. The molecule has 1 fully saturated rings. The molecule has 1 saturated heterocycles. The highest BCUT2D eigenvalue weighted by molar-refractivity contribution is 7.89. The van der Waals surface area contributed by atoms with Gasteiger partial charge < -0.3 is 5.32 Å². The summed E-state index contributed by atoms with van der Waals surface area (Å²) in [5, 5.41) is 2.56. The van der Waals surface area contributed by atoms with E-state index in [2.05, 4.69) is 10.3 Å². The van der Waals surface area contributed by atoms with Crippen molar-refractivity contribution in [2.45, 2.75) is 12.2 Å². The van der Waals surface area contributed by atoms with Gasteiger partial charge in [-0.3, -0.25) is 4.98 Å². The minimum absolute atomic E-state index is 0.541. The predicted molar refractivity (Wildman–Crippen MR) is 66.0 cm³/mol. The third-order valence-electron chi connectivity index (χ3n) is 2.99. The molecule has 1 aliphatic heterocycles. The van der Waals surface area contributed by atoms with Crippen molar-refractivity contribution in [1.82, 2.24) is 14.6 Å². The number of piperazine rings is 1. The van der Waals surface area contributed by atoms with Crippen molar-refractivity contribution >= 4 is 10.0 Å². The summed E-state index contributed by atoms with van der Waals surface area (Å²) >= 11 is 0. The molecule has 1 aromatic rings. The normalized spacial score (nSPS) is 20.1. The zero-order chi connectivity index (χ0) is 12.3. The number of aromatic nitrogens is 1. The average molecular weight is 255 g/mol. The largest absolute Gasteiger partial charge is 0.314 e. The highest BCUT2D eigenvalue weighted by Gasteiger charge is 2.31. The third-order valence-corrected chi connectivity index (χ3v) is 5.21. The molecule has 1 aliphatic rings. The lowest BCUT2D eigenvalue weighted by Gasteiger charge is -2.29. The molecule has 0 bridgehead atoms. The van der Waals surface area contributed by atoms with E-state index < -0.39 is 15.3 Å². The van der Waals surface area contributed by atoms with Crippen molar-refractivity contribution < 1.29 is 8.42 Å². The quantitative estimate of drug-likeness (QED) is 0.848. The third kappa shape index (κ3) is 2.65. The maximum Gasteiger partial charge on any atom is 0.222 e. The van der Waals surface area contributed by atoms with E-state index >= 15 is 0 Å². The van der Waals surface area contributed by atoms with E-state index in [1.165, 1.54) is 0 Å². The zero-order valence-corrected chi connectivity index (χ0v) is 10.7. The van der Waals surface area contributed by atoms with E-state index in [0.717, 1.165) is 0 Å². The summed E-state index contributed by atoms with van der Waals surface area (Å²) in [6, 6.07) is 5.35. The van der Waals surface area contributed by atoms with E-state index in [1.807, 2.05) is 6.07 Å². The first kappa shape index (κ1) is 12.5. The minimum atomic E-state index is -3.28. The number of pyridine rings is 1. The Kier molecular flexibility index (Phi) is 3.76. The van der Waals surface area contributed by atoms with E-state index in [9.17, 15) is 8.42 Å². The van der Waals surface area contributed by atoms with Gasteiger partial charge in [-0.15, -0.1) is 0 Å². The Balaban J connectivity index is 2.20. The van der Waals surface area contributed by atoms with Gasteiger partial charge in [0.1, 0.15) is 5.25 Å². The molecule has 0 aromatic carbocycles. The monoisotopic (exact) mass is 255 g/mol. The van der Waals surface area contributed by atoms with Crippen molar-refractivity contribution in [3.05, 3.63) is 30.1 Å². The molecule has 2 rings (SSSR count). The second kappa shape index (κ2) is 5.12. The Morgan fingerprint density at radius 3 is 2.65 bits per heavy atom. The van der Waals surface area contributed by atoms with E-state index in [1.54, 1.807) is 29.6 Å². The van der Waals surface area contributed by atoms with Crippen molar-refractivity contribution in [3.63, 3.8) is 0 Å². The molecule has 0 amide bonds. The van der Waals surface area contributed by atoms with Gasteiger partial charge in [0.15, 0.2) is 0 Å². The molecule has 94 valence electrons. The van der Waals surface area contributed by atoms with Crippen LogP contribution in [0.3, 0.4) is 0 Å². The first-order chi connectivity index (χ1) is 8.12. The number of sulfonamides is 1. The molecule has 2 heterocycles. The number of nitrogens with one attached hydrogen (secondary N) is 1. The summed E-state index contributed by atoms with van der Waals surface area (Å²) < 4.78 is 26.2. The van der Waals surface area contributed by atoms with Crippen LogP contribution in [0.2, 0.25) is 0 Å². The summed E-state index contributed by atoms with van der Waals surface area (Å²) in [5.74, 6) is 0. The standard InChI is InChI=1S/C11H17N3O2S/c1-10(11-4-2-3-5-13-11)17(15,16)14-8-6-12-7-9-14/h2-5,10,12H,6-9H2,1H3. The lowest BCUT2D eigenvalue weighted by atomic mass is 10.3. The Morgan fingerprint density at radius 1 is 1.35 bits per heavy atom. The fraction of sp³-hybridized carbons (Fsp3) is 0.545. The maximum absolute atomic E-state index is 12.3. The average Bonchev–Trinajstić information content (AvgIpc) is 2.40. The highest BCUT2D eigenvalue weighted by Crippen LogP contribution is 2.23. The first-order valence-corrected chi connectivity index (χ1v) is 7.23. The van der Waals surface area contributed by atoms with Crippen molar-refractivity contribution in [2.24, 2.45) is 0 Å². The Labute approximate surface area is 102 Å². The second-order valence-electron chi connectivity index (χ2n) is 4.09. The molecule has 0 spiro atoms. The number of nitrogens with zero attached hydrogens (tertiary/aromatic N) is 2. The smallest absolute Gasteiger partial charge is 0.222 e. The molecule has 0 aliphatic carbocycles. The fourth-order valence-electron chi connectivity index (χ4n) is 1.89. The van der Waals surface area contributed by atoms with Crippen molar-refractivity contribution in [1.29, 1.82) is 0 Å². The van der Waals surface area contributed by atoms with Crippen LogP contribution in [0.5, 0.6) is 0 Å². The molecule has 1 N–H and O–H groups in total. The van der Waals surface area contributed by atoms with Gasteiger partial charge in [0.05, 0.1) is 5.69 Å². The summed E-state index contributed by atoms with van der Waals surface area (Å²) in [7, 11) is -3.28. The van der Waals surface area contributed by atoms with Crippen LogP contribution < -0.4 is 5.32 Å². The second-order valence-corrected chi connectivity index (χ2v) is 6.34. The van der Waals surface area contributed by atoms with Gasteiger partial charge >= 0.3 is 0 Å². The maximum atomic E-state index is 12.3. The molecule has 1 atom stereocenters. The molecule has 5 nitrogen and oxygen atoms in total. The van der Waals surface area contributed by atoms with Crippen molar-refractivity contribution in [2.75, 3.05) is 26.2 Å². The summed E-state index contributed by atoms with van der Waals surface area (Å²) in [6.07, 6.45) is 1.62. The molecular formula is C11H17N3O2S. The zero-order valence-electron chi connectivity index (χ0n) is 9.83. The summed E-state index contributed by atoms with van der Waals surface area (Å²) in [6.45, 7) is 4.21. The predicted octanol–water partition coefficient (Wildman–Crippen LogP) is 0.378. The number of hydrogen-bond donors (Lipinski definition) is 1. The fourth-order valence-corrected chi connectivity index (χ4v) is 3.47. The molecule has 1 aromatic heterocycles.